The summed E-state index contributed by atoms with van der Waals surface area (Å²) in [4.78, 5) is 45.0. The molecule has 3 atom stereocenters. The van der Waals surface area contributed by atoms with Crippen molar-refractivity contribution in [3.63, 3.8) is 0 Å². The molecule has 2 amide bonds. The number of Topliss-reactive ketones (excluding diaryl/α,β-unsaturated/α-hetero) is 1. The Morgan fingerprint density at radius 3 is 2.32 bits per heavy atom. The van der Waals surface area contributed by atoms with Gasteiger partial charge in [-0.25, -0.2) is 4.98 Å². The van der Waals surface area contributed by atoms with Crippen LogP contribution in [0.25, 0.3) is 0 Å². The van der Waals surface area contributed by atoms with Gasteiger partial charge in [0.05, 0.1) is 5.56 Å². The second-order valence-electron chi connectivity index (χ2n) is 12.4. The van der Waals surface area contributed by atoms with Crippen molar-refractivity contribution >= 4 is 29.1 Å². The quantitative estimate of drug-likeness (QED) is 0.308. The predicted molar refractivity (Wildman–Crippen MR) is 159 cm³/mol. The highest BCUT2D eigenvalue weighted by Crippen LogP contribution is 2.39. The van der Waals surface area contributed by atoms with Crippen molar-refractivity contribution in [2.24, 2.45) is 17.6 Å². The zero-order valence-corrected chi connectivity index (χ0v) is 23.7. The monoisotopic (exact) mass is 558 g/mol. The van der Waals surface area contributed by atoms with E-state index in [1.165, 1.54) is 12.8 Å². The molecular formula is C32H42N6O3. The molecule has 4 aliphatic rings. The summed E-state index contributed by atoms with van der Waals surface area (Å²) in [5.41, 5.74) is 7.84. The number of piperidine rings is 2. The highest BCUT2D eigenvalue weighted by molar-refractivity contribution is 6.02. The number of hydrogen-bond donors (Lipinski definition) is 4. The van der Waals surface area contributed by atoms with E-state index in [2.05, 4.69) is 20.9 Å². The minimum Gasteiger partial charge on any atom is -0.384 e. The van der Waals surface area contributed by atoms with E-state index in [4.69, 9.17) is 10.7 Å². The fourth-order valence-corrected chi connectivity index (χ4v) is 6.91. The first-order chi connectivity index (χ1) is 19.9. The largest absolute Gasteiger partial charge is 0.384 e. The van der Waals surface area contributed by atoms with Gasteiger partial charge in [0.2, 0.25) is 0 Å². The minimum absolute atomic E-state index is 0.0748. The SMILES string of the molecule is NC(=O)c1ccc(C(=O)NC2C[C@H]3CC[C@@H](C2)N3c2ccc(C(=O)CCC3CCNCC3)cn2)cc1NCC1CC1. The summed E-state index contributed by atoms with van der Waals surface area (Å²) in [6.45, 7) is 2.90. The second-order valence-corrected chi connectivity index (χ2v) is 12.4. The number of ketones is 1. The summed E-state index contributed by atoms with van der Waals surface area (Å²) >= 11 is 0. The number of fused-ring (bicyclic) bond motifs is 2. The average molecular weight is 559 g/mol. The van der Waals surface area contributed by atoms with Crippen molar-refractivity contribution in [1.29, 1.82) is 0 Å². The number of primary amides is 1. The molecule has 0 spiro atoms. The molecule has 3 saturated heterocycles. The zero-order valence-electron chi connectivity index (χ0n) is 23.7. The van der Waals surface area contributed by atoms with E-state index in [9.17, 15) is 14.4 Å². The predicted octanol–water partition coefficient (Wildman–Crippen LogP) is 3.89. The number of benzene rings is 1. The van der Waals surface area contributed by atoms with E-state index in [1.807, 2.05) is 12.1 Å². The Hall–Kier alpha value is -3.46. The van der Waals surface area contributed by atoms with Gasteiger partial charge in [-0.1, -0.05) is 0 Å². The maximum atomic E-state index is 13.2. The molecule has 4 fully saturated rings. The first kappa shape index (κ1) is 27.7. The van der Waals surface area contributed by atoms with Crippen LogP contribution in [0, 0.1) is 11.8 Å². The van der Waals surface area contributed by atoms with Gasteiger partial charge in [-0.2, -0.15) is 0 Å². The number of carbonyl (C=O) groups excluding carboxylic acids is 3. The topological polar surface area (TPSA) is 129 Å². The third kappa shape index (κ3) is 6.56. The number of carbonyl (C=O) groups is 3. The highest BCUT2D eigenvalue weighted by atomic mass is 16.2. The molecule has 218 valence electrons. The molecule has 5 N–H and O–H groups in total. The average Bonchev–Trinajstić information content (AvgIpc) is 3.78. The molecular weight excluding hydrogens is 516 g/mol. The Morgan fingerprint density at radius 2 is 1.66 bits per heavy atom. The van der Waals surface area contributed by atoms with E-state index in [-0.39, 0.29) is 17.7 Å². The normalized spacial score (nSPS) is 24.2. The van der Waals surface area contributed by atoms with Gasteiger partial charge >= 0.3 is 0 Å². The molecule has 4 heterocycles. The van der Waals surface area contributed by atoms with Gasteiger partial charge in [-0.15, -0.1) is 0 Å². The first-order valence-corrected chi connectivity index (χ1v) is 15.4. The van der Waals surface area contributed by atoms with Gasteiger partial charge in [0.15, 0.2) is 5.78 Å². The van der Waals surface area contributed by atoms with Crippen LogP contribution in [0.2, 0.25) is 0 Å². The van der Waals surface area contributed by atoms with E-state index >= 15 is 0 Å². The van der Waals surface area contributed by atoms with Gasteiger partial charge < -0.3 is 26.6 Å². The van der Waals surface area contributed by atoms with Gasteiger partial charge in [0.1, 0.15) is 5.82 Å². The lowest BCUT2D eigenvalue weighted by Crippen LogP contribution is -2.50. The number of amides is 2. The molecule has 1 unspecified atom stereocenters. The van der Waals surface area contributed by atoms with Crippen LogP contribution in [0.3, 0.4) is 0 Å². The Morgan fingerprint density at radius 1 is 0.927 bits per heavy atom. The van der Waals surface area contributed by atoms with Crippen LogP contribution in [0.15, 0.2) is 36.5 Å². The Labute approximate surface area is 242 Å². The molecule has 2 aromatic rings. The van der Waals surface area contributed by atoms with E-state index < -0.39 is 5.91 Å². The lowest BCUT2D eigenvalue weighted by atomic mass is 9.91. The molecule has 1 saturated carbocycles. The van der Waals surface area contributed by atoms with Crippen molar-refractivity contribution in [1.82, 2.24) is 15.6 Å². The van der Waals surface area contributed by atoms with Gasteiger partial charge in [-0.05, 0) is 113 Å². The van der Waals surface area contributed by atoms with Gasteiger partial charge in [-0.3, -0.25) is 14.4 Å². The van der Waals surface area contributed by atoms with Crippen molar-refractivity contribution in [2.75, 3.05) is 29.9 Å². The van der Waals surface area contributed by atoms with Gasteiger partial charge in [0, 0.05) is 54.1 Å². The number of pyridine rings is 1. The van der Waals surface area contributed by atoms with Crippen LogP contribution in [0.4, 0.5) is 11.5 Å². The zero-order chi connectivity index (χ0) is 28.3. The molecule has 3 aliphatic heterocycles. The van der Waals surface area contributed by atoms with E-state index in [0.29, 0.717) is 52.7 Å². The Kier molecular flexibility index (Phi) is 8.23. The number of nitrogens with one attached hydrogen (secondary N) is 3. The van der Waals surface area contributed by atoms with Crippen LogP contribution in [-0.4, -0.2) is 60.3 Å². The molecule has 0 radical (unpaired) electrons. The maximum absolute atomic E-state index is 13.2. The fraction of sp³-hybridized carbons (Fsp3) is 0.562. The third-order valence-corrected chi connectivity index (χ3v) is 9.47. The highest BCUT2D eigenvalue weighted by Gasteiger charge is 2.42. The molecule has 2 bridgehead atoms. The Balaban J connectivity index is 1.04. The summed E-state index contributed by atoms with van der Waals surface area (Å²) in [5, 5.41) is 9.95. The van der Waals surface area contributed by atoms with Crippen molar-refractivity contribution in [3.05, 3.63) is 53.2 Å². The van der Waals surface area contributed by atoms with E-state index in [0.717, 1.165) is 70.4 Å². The number of aromatic nitrogens is 1. The van der Waals surface area contributed by atoms with Crippen molar-refractivity contribution in [3.8, 4) is 0 Å². The number of rotatable bonds is 11. The minimum atomic E-state index is -0.498. The standard InChI is InChI=1S/C32H42N6O3/c33-31(40)27-8-4-22(15-28(27)35-18-21-1-2-21)32(41)37-24-16-25-6-7-26(17-24)38(25)30-10-5-23(19-36-30)29(39)9-3-20-11-13-34-14-12-20/h4-5,8,10,15,19-21,24-26,34-35H,1-3,6-7,9,11-14,16-18H2,(H2,33,40)(H,37,41)/t24?,25-,26+. The summed E-state index contributed by atoms with van der Waals surface area (Å²) in [7, 11) is 0. The summed E-state index contributed by atoms with van der Waals surface area (Å²) in [6.07, 6.45) is 11.8. The first-order valence-electron chi connectivity index (χ1n) is 15.4. The van der Waals surface area contributed by atoms with Crippen molar-refractivity contribution < 1.29 is 14.4 Å². The van der Waals surface area contributed by atoms with Gasteiger partial charge in [0.25, 0.3) is 11.8 Å². The second kappa shape index (κ2) is 12.2. The third-order valence-electron chi connectivity index (χ3n) is 9.47. The van der Waals surface area contributed by atoms with E-state index in [1.54, 1.807) is 24.4 Å². The molecule has 9 nitrogen and oxygen atoms in total. The summed E-state index contributed by atoms with van der Waals surface area (Å²) in [5.74, 6) is 1.75. The number of nitrogens with zero attached hydrogens (tertiary/aromatic N) is 2. The number of nitrogens with two attached hydrogens (primary N) is 1. The summed E-state index contributed by atoms with van der Waals surface area (Å²) < 4.78 is 0. The van der Waals surface area contributed by atoms with Crippen LogP contribution < -0.4 is 26.6 Å². The number of anilines is 2. The summed E-state index contributed by atoms with van der Waals surface area (Å²) in [6, 6.07) is 9.70. The smallest absolute Gasteiger partial charge is 0.251 e. The van der Waals surface area contributed by atoms with Crippen LogP contribution in [-0.2, 0) is 0 Å². The molecule has 1 aromatic heterocycles. The molecule has 9 heteroatoms. The fourth-order valence-electron chi connectivity index (χ4n) is 6.91. The lowest BCUT2D eigenvalue weighted by molar-refractivity contribution is 0.0924. The van der Waals surface area contributed by atoms with Crippen LogP contribution in [0.1, 0.15) is 95.3 Å². The molecule has 41 heavy (non-hydrogen) atoms. The molecule has 6 rings (SSSR count). The maximum Gasteiger partial charge on any atom is 0.251 e. The Bertz CT molecular complexity index is 1260. The van der Waals surface area contributed by atoms with Crippen LogP contribution >= 0.6 is 0 Å². The number of hydrogen-bond acceptors (Lipinski definition) is 7. The molecule has 1 aromatic carbocycles. The lowest BCUT2D eigenvalue weighted by Gasteiger charge is -2.40. The van der Waals surface area contributed by atoms with Crippen molar-refractivity contribution in [2.45, 2.75) is 82.3 Å². The van der Waals surface area contributed by atoms with Crippen LogP contribution in [0.5, 0.6) is 0 Å². The molecule has 1 aliphatic carbocycles.